The Hall–Kier alpha value is -0.730. The minimum atomic E-state index is 0.0623. The van der Waals surface area contributed by atoms with Gasteiger partial charge in [0.1, 0.15) is 5.75 Å². The Bertz CT molecular complexity index is 374. The fraction of sp³-hybridized carbons (Fsp3) is 0.538. The van der Waals surface area contributed by atoms with E-state index in [1.807, 2.05) is 6.92 Å². The van der Waals surface area contributed by atoms with Crippen molar-refractivity contribution in [1.29, 1.82) is 0 Å². The van der Waals surface area contributed by atoms with E-state index in [0.29, 0.717) is 11.6 Å². The highest BCUT2D eigenvalue weighted by molar-refractivity contribution is 6.32. The number of hydrogen-bond donors (Lipinski definition) is 2. The summed E-state index contributed by atoms with van der Waals surface area (Å²) in [5.74, 6) is 0.177. The highest BCUT2D eigenvalue weighted by atomic mass is 35.5. The molecule has 16 heavy (non-hydrogen) atoms. The Kier molecular flexibility index (Phi) is 3.13. The number of phenolic OH excluding ortho intramolecular Hbond substituents is 1. The normalized spacial score (nSPS) is 18.9. The van der Waals surface area contributed by atoms with Crippen LogP contribution in [0.5, 0.6) is 5.75 Å². The van der Waals surface area contributed by atoms with Crippen LogP contribution in [0.1, 0.15) is 36.8 Å². The summed E-state index contributed by atoms with van der Waals surface area (Å²) >= 11 is 5.96. The standard InChI is InChI=1S/C13H18ClNO/c1-9-6-10(7-11(16)12(9)14)13(8-15)4-2-3-5-13/h6-7,16H,2-5,8,15H2,1H3. The lowest BCUT2D eigenvalue weighted by Gasteiger charge is -2.28. The van der Waals surface area contributed by atoms with Crippen LogP contribution in [0.4, 0.5) is 0 Å². The van der Waals surface area contributed by atoms with E-state index >= 15 is 0 Å². The average Bonchev–Trinajstić information content (AvgIpc) is 2.75. The topological polar surface area (TPSA) is 46.2 Å². The molecule has 1 aliphatic rings. The summed E-state index contributed by atoms with van der Waals surface area (Å²) in [6.45, 7) is 2.57. The van der Waals surface area contributed by atoms with Crippen LogP contribution in [0.25, 0.3) is 0 Å². The van der Waals surface area contributed by atoms with Gasteiger partial charge in [-0.25, -0.2) is 0 Å². The van der Waals surface area contributed by atoms with Gasteiger partial charge in [0.15, 0.2) is 0 Å². The van der Waals surface area contributed by atoms with Crippen LogP contribution in [0.3, 0.4) is 0 Å². The summed E-state index contributed by atoms with van der Waals surface area (Å²) in [4.78, 5) is 0. The second kappa shape index (κ2) is 4.27. The summed E-state index contributed by atoms with van der Waals surface area (Å²) in [5.41, 5.74) is 8.06. The molecule has 2 nitrogen and oxygen atoms in total. The number of rotatable bonds is 2. The maximum Gasteiger partial charge on any atom is 0.134 e. The van der Waals surface area contributed by atoms with E-state index in [0.717, 1.165) is 24.0 Å². The van der Waals surface area contributed by atoms with Crippen LogP contribution < -0.4 is 5.73 Å². The molecule has 1 fully saturated rings. The highest BCUT2D eigenvalue weighted by Gasteiger charge is 2.34. The van der Waals surface area contributed by atoms with Gasteiger partial charge in [0.25, 0.3) is 0 Å². The summed E-state index contributed by atoms with van der Waals surface area (Å²) in [6, 6.07) is 3.85. The van der Waals surface area contributed by atoms with Gasteiger partial charge in [0, 0.05) is 12.0 Å². The molecule has 0 aliphatic heterocycles. The van der Waals surface area contributed by atoms with E-state index in [1.54, 1.807) is 6.07 Å². The van der Waals surface area contributed by atoms with E-state index in [1.165, 1.54) is 12.8 Å². The monoisotopic (exact) mass is 239 g/mol. The molecule has 3 heteroatoms. The first-order valence-electron chi connectivity index (χ1n) is 5.79. The molecule has 0 amide bonds. The van der Waals surface area contributed by atoms with Crippen molar-refractivity contribution in [1.82, 2.24) is 0 Å². The first-order chi connectivity index (χ1) is 7.59. The number of hydrogen-bond acceptors (Lipinski definition) is 2. The van der Waals surface area contributed by atoms with Crippen LogP contribution in [0.2, 0.25) is 5.02 Å². The van der Waals surface area contributed by atoms with Gasteiger partial charge in [0.2, 0.25) is 0 Å². The van der Waals surface area contributed by atoms with Crippen LogP contribution in [-0.2, 0) is 5.41 Å². The maximum absolute atomic E-state index is 9.78. The molecule has 1 aromatic rings. The predicted molar refractivity (Wildman–Crippen MR) is 67.1 cm³/mol. The quantitative estimate of drug-likeness (QED) is 0.833. The van der Waals surface area contributed by atoms with E-state index < -0.39 is 0 Å². The van der Waals surface area contributed by atoms with Gasteiger partial charge in [-0.2, -0.15) is 0 Å². The SMILES string of the molecule is Cc1cc(C2(CN)CCCC2)cc(O)c1Cl. The molecule has 3 N–H and O–H groups in total. The Labute approximate surface area is 101 Å². The molecule has 0 aromatic heterocycles. The third-order valence-corrected chi connectivity index (χ3v) is 4.29. The summed E-state index contributed by atoms with van der Waals surface area (Å²) in [5, 5.41) is 10.2. The molecule has 0 atom stereocenters. The van der Waals surface area contributed by atoms with Crippen LogP contribution >= 0.6 is 11.6 Å². The maximum atomic E-state index is 9.78. The lowest BCUT2D eigenvalue weighted by molar-refractivity contribution is 0.441. The third kappa shape index (κ3) is 1.80. The Morgan fingerprint density at radius 1 is 1.38 bits per heavy atom. The first kappa shape index (κ1) is 11.7. The van der Waals surface area contributed by atoms with Crippen molar-refractivity contribution in [3.63, 3.8) is 0 Å². The van der Waals surface area contributed by atoms with Gasteiger partial charge < -0.3 is 10.8 Å². The van der Waals surface area contributed by atoms with E-state index in [4.69, 9.17) is 17.3 Å². The van der Waals surface area contributed by atoms with Crippen molar-refractivity contribution in [3.05, 3.63) is 28.3 Å². The largest absolute Gasteiger partial charge is 0.506 e. The van der Waals surface area contributed by atoms with Gasteiger partial charge in [-0.05, 0) is 37.0 Å². The fourth-order valence-corrected chi connectivity index (χ4v) is 2.83. The smallest absolute Gasteiger partial charge is 0.134 e. The average molecular weight is 240 g/mol. The second-order valence-corrected chi connectivity index (χ2v) is 5.20. The molecule has 0 spiro atoms. The summed E-state index contributed by atoms with van der Waals surface area (Å²) in [6.07, 6.45) is 4.67. The molecule has 0 radical (unpaired) electrons. The molecule has 0 unspecified atom stereocenters. The number of phenols is 1. The van der Waals surface area contributed by atoms with Crippen LogP contribution in [-0.4, -0.2) is 11.7 Å². The van der Waals surface area contributed by atoms with E-state index in [-0.39, 0.29) is 11.2 Å². The van der Waals surface area contributed by atoms with Crippen molar-refractivity contribution in [2.24, 2.45) is 5.73 Å². The zero-order chi connectivity index (χ0) is 11.8. The van der Waals surface area contributed by atoms with Gasteiger partial charge in [-0.15, -0.1) is 0 Å². The molecule has 2 rings (SSSR count). The molecule has 88 valence electrons. The Morgan fingerprint density at radius 3 is 2.50 bits per heavy atom. The van der Waals surface area contributed by atoms with Crippen molar-refractivity contribution in [3.8, 4) is 5.75 Å². The zero-order valence-electron chi connectivity index (χ0n) is 9.59. The third-order valence-electron chi connectivity index (χ3n) is 3.80. The summed E-state index contributed by atoms with van der Waals surface area (Å²) < 4.78 is 0. The number of benzene rings is 1. The van der Waals surface area contributed by atoms with Gasteiger partial charge in [0.05, 0.1) is 5.02 Å². The van der Waals surface area contributed by atoms with E-state index in [2.05, 4.69) is 6.07 Å². The van der Waals surface area contributed by atoms with Crippen LogP contribution in [0, 0.1) is 6.92 Å². The first-order valence-corrected chi connectivity index (χ1v) is 6.16. The van der Waals surface area contributed by atoms with E-state index in [9.17, 15) is 5.11 Å². The second-order valence-electron chi connectivity index (χ2n) is 4.82. The number of aryl methyl sites for hydroxylation is 1. The minimum Gasteiger partial charge on any atom is -0.506 e. The minimum absolute atomic E-state index is 0.0623. The molecule has 0 bridgehead atoms. The van der Waals surface area contributed by atoms with Crippen molar-refractivity contribution >= 4 is 11.6 Å². The predicted octanol–water partition coefficient (Wildman–Crippen LogP) is 3.12. The number of halogens is 1. The van der Waals surface area contributed by atoms with Gasteiger partial charge in [-0.3, -0.25) is 0 Å². The van der Waals surface area contributed by atoms with Crippen molar-refractivity contribution in [2.75, 3.05) is 6.54 Å². The lowest BCUT2D eigenvalue weighted by atomic mass is 9.78. The molecule has 1 aromatic carbocycles. The Morgan fingerprint density at radius 2 is 2.00 bits per heavy atom. The van der Waals surface area contributed by atoms with Crippen molar-refractivity contribution in [2.45, 2.75) is 38.0 Å². The highest BCUT2D eigenvalue weighted by Crippen LogP contribution is 2.43. The van der Waals surface area contributed by atoms with Crippen molar-refractivity contribution < 1.29 is 5.11 Å². The zero-order valence-corrected chi connectivity index (χ0v) is 10.3. The van der Waals surface area contributed by atoms with Crippen LogP contribution in [0.15, 0.2) is 12.1 Å². The van der Waals surface area contributed by atoms with Gasteiger partial charge >= 0.3 is 0 Å². The summed E-state index contributed by atoms with van der Waals surface area (Å²) in [7, 11) is 0. The Balaban J connectivity index is 2.47. The molecular formula is C13H18ClNO. The molecule has 1 aliphatic carbocycles. The molecule has 1 saturated carbocycles. The fourth-order valence-electron chi connectivity index (χ4n) is 2.72. The molecular weight excluding hydrogens is 222 g/mol. The number of aromatic hydroxyl groups is 1. The van der Waals surface area contributed by atoms with Gasteiger partial charge in [-0.1, -0.05) is 30.5 Å². The molecule has 0 saturated heterocycles. The number of nitrogens with two attached hydrogens (primary N) is 1. The lowest BCUT2D eigenvalue weighted by Crippen LogP contribution is -2.32. The molecule has 0 heterocycles.